The van der Waals surface area contributed by atoms with Crippen molar-refractivity contribution < 1.29 is 9.67 Å². The van der Waals surface area contributed by atoms with E-state index in [1.54, 1.807) is 0 Å². The summed E-state index contributed by atoms with van der Waals surface area (Å²) in [6, 6.07) is 26.3. The van der Waals surface area contributed by atoms with Crippen molar-refractivity contribution in [2.45, 2.75) is 18.1 Å². The van der Waals surface area contributed by atoms with E-state index < -0.39 is 5.60 Å². The lowest BCUT2D eigenvalue weighted by molar-refractivity contribution is -0.717. The van der Waals surface area contributed by atoms with Crippen LogP contribution in [0.2, 0.25) is 0 Å². The minimum absolute atomic E-state index is 0.104. The molecule has 2 nitrogen and oxygen atoms in total. The number of aromatic nitrogens is 1. The summed E-state index contributed by atoms with van der Waals surface area (Å²) in [5.41, 5.74) is 2.33. The first kappa shape index (κ1) is 13.2. The number of hydrogen-bond acceptors (Lipinski definition) is 1. The van der Waals surface area contributed by atoms with Crippen molar-refractivity contribution in [2.24, 2.45) is 0 Å². The summed E-state index contributed by atoms with van der Waals surface area (Å²) in [4.78, 5) is 0. The molecule has 1 aliphatic rings. The van der Waals surface area contributed by atoms with E-state index in [1.165, 1.54) is 0 Å². The number of nitrogens with zero attached hydrogens (tertiary/aromatic N) is 1. The van der Waals surface area contributed by atoms with Gasteiger partial charge in [0.15, 0.2) is 17.5 Å². The molecule has 1 aliphatic heterocycles. The molecule has 1 aromatic heterocycles. The van der Waals surface area contributed by atoms with Crippen LogP contribution in [0.4, 0.5) is 0 Å². The number of aliphatic hydroxyl groups is 1. The quantitative estimate of drug-likeness (QED) is 0.720. The third-order valence-electron chi connectivity index (χ3n) is 4.55. The molecule has 2 heteroatoms. The molecule has 2 aromatic carbocycles. The number of benzene rings is 2. The molecule has 4 rings (SSSR count). The zero-order valence-electron chi connectivity index (χ0n) is 12.3. The van der Waals surface area contributed by atoms with Crippen LogP contribution in [-0.4, -0.2) is 5.11 Å². The van der Waals surface area contributed by atoms with Crippen LogP contribution in [0, 0.1) is 0 Å². The predicted octanol–water partition coefficient (Wildman–Crippen LogP) is 3.01. The fourth-order valence-electron chi connectivity index (χ4n) is 3.55. The van der Waals surface area contributed by atoms with Crippen molar-refractivity contribution in [1.29, 1.82) is 0 Å². The molecule has 3 aromatic rings. The number of fused-ring (bicyclic) bond motifs is 1. The molecule has 0 saturated carbocycles. The maximum absolute atomic E-state index is 11.6. The van der Waals surface area contributed by atoms with E-state index in [0.717, 1.165) is 16.8 Å². The van der Waals surface area contributed by atoms with Gasteiger partial charge >= 0.3 is 0 Å². The third kappa shape index (κ3) is 1.96. The molecule has 108 valence electrons. The van der Waals surface area contributed by atoms with E-state index in [-0.39, 0.29) is 6.04 Å². The summed E-state index contributed by atoms with van der Waals surface area (Å²) < 4.78 is 2.20. The Bertz CT molecular complexity index is 785. The highest BCUT2D eigenvalue weighted by atomic mass is 16.3. The largest absolute Gasteiger partial charge is 0.377 e. The normalized spacial score (nSPS) is 23.2. The predicted molar refractivity (Wildman–Crippen MR) is 85.3 cm³/mol. The lowest BCUT2D eigenvalue weighted by Crippen LogP contribution is -2.46. The van der Waals surface area contributed by atoms with Crippen molar-refractivity contribution >= 4 is 0 Å². The van der Waals surface area contributed by atoms with Gasteiger partial charge in [-0.05, 0) is 5.56 Å². The van der Waals surface area contributed by atoms with Crippen molar-refractivity contribution in [2.75, 3.05) is 0 Å². The van der Waals surface area contributed by atoms with E-state index in [9.17, 15) is 5.11 Å². The highest BCUT2D eigenvalue weighted by Crippen LogP contribution is 2.41. The Morgan fingerprint density at radius 2 is 1.45 bits per heavy atom. The average molecular weight is 288 g/mol. The highest BCUT2D eigenvalue weighted by molar-refractivity contribution is 5.32. The fraction of sp³-hybridized carbons (Fsp3) is 0.150. The smallest absolute Gasteiger partial charge is 0.216 e. The minimum Gasteiger partial charge on any atom is -0.377 e. The van der Waals surface area contributed by atoms with Gasteiger partial charge in [-0.3, -0.25) is 0 Å². The molecule has 0 amide bonds. The van der Waals surface area contributed by atoms with Gasteiger partial charge in [0, 0.05) is 17.7 Å². The van der Waals surface area contributed by atoms with Gasteiger partial charge in [0.2, 0.25) is 6.04 Å². The van der Waals surface area contributed by atoms with Crippen LogP contribution >= 0.6 is 0 Å². The van der Waals surface area contributed by atoms with Crippen LogP contribution in [0.1, 0.15) is 22.9 Å². The lowest BCUT2D eigenvalue weighted by atomic mass is 9.82. The molecular formula is C20H18NO+. The van der Waals surface area contributed by atoms with Crippen LogP contribution < -0.4 is 4.57 Å². The fourth-order valence-corrected chi connectivity index (χ4v) is 3.55. The number of hydrogen-bond donors (Lipinski definition) is 1. The summed E-state index contributed by atoms with van der Waals surface area (Å²) >= 11 is 0. The Kier molecular flexibility index (Phi) is 3.05. The molecule has 0 unspecified atom stereocenters. The summed E-state index contributed by atoms with van der Waals surface area (Å²) in [5.74, 6) is 0. The maximum Gasteiger partial charge on any atom is 0.216 e. The van der Waals surface area contributed by atoms with Gasteiger partial charge < -0.3 is 5.11 Å². The molecule has 0 fully saturated rings. The first-order chi connectivity index (χ1) is 10.8. The van der Waals surface area contributed by atoms with E-state index in [4.69, 9.17) is 0 Å². The summed E-state index contributed by atoms with van der Waals surface area (Å²) in [6.07, 6.45) is 2.69. The average Bonchev–Trinajstić information content (AvgIpc) is 2.90. The molecule has 0 radical (unpaired) electrons. The number of pyridine rings is 1. The van der Waals surface area contributed by atoms with Crippen LogP contribution in [0.5, 0.6) is 0 Å². The monoisotopic (exact) mass is 288 g/mol. The second-order valence-corrected chi connectivity index (χ2v) is 5.88. The molecule has 0 aliphatic carbocycles. The van der Waals surface area contributed by atoms with Gasteiger partial charge in [0.1, 0.15) is 0 Å². The van der Waals surface area contributed by atoms with Crippen LogP contribution in [-0.2, 0) is 12.0 Å². The Hall–Kier alpha value is -2.45. The first-order valence-corrected chi connectivity index (χ1v) is 7.61. The molecule has 1 N–H and O–H groups in total. The van der Waals surface area contributed by atoms with E-state index >= 15 is 0 Å². The minimum atomic E-state index is -0.920. The third-order valence-corrected chi connectivity index (χ3v) is 4.55. The SMILES string of the molecule is O[C@]1(c2ccccc2)Cc2cccc[n+]2[C@H]1c1ccccc1. The highest BCUT2D eigenvalue weighted by Gasteiger charge is 2.53. The Balaban J connectivity index is 1.93. The van der Waals surface area contributed by atoms with E-state index in [2.05, 4.69) is 29.0 Å². The zero-order chi connectivity index (χ0) is 15.0. The first-order valence-electron chi connectivity index (χ1n) is 7.61. The van der Waals surface area contributed by atoms with Gasteiger partial charge in [-0.15, -0.1) is 0 Å². The van der Waals surface area contributed by atoms with Gasteiger partial charge in [-0.1, -0.05) is 66.7 Å². The Morgan fingerprint density at radius 1 is 0.818 bits per heavy atom. The summed E-state index contributed by atoms with van der Waals surface area (Å²) in [5, 5.41) is 11.6. The Labute approximate surface area is 130 Å². The van der Waals surface area contributed by atoms with Crippen molar-refractivity contribution in [3.63, 3.8) is 0 Å². The number of rotatable bonds is 2. The topological polar surface area (TPSA) is 24.1 Å². The molecule has 2 atom stereocenters. The zero-order valence-corrected chi connectivity index (χ0v) is 12.3. The van der Waals surface area contributed by atoms with Gasteiger partial charge in [0.05, 0.1) is 6.42 Å². The van der Waals surface area contributed by atoms with Gasteiger partial charge in [-0.2, -0.15) is 4.57 Å². The maximum atomic E-state index is 11.6. The standard InChI is InChI=1S/C20H18NO/c22-20(17-11-5-2-6-12-17)15-18-13-7-8-14-21(18)19(20)16-9-3-1-4-10-16/h1-14,19,22H,15H2/q+1/t19-,20-/m0/s1. The second-order valence-electron chi connectivity index (χ2n) is 5.88. The van der Waals surface area contributed by atoms with Crippen molar-refractivity contribution in [1.82, 2.24) is 0 Å². The molecule has 0 saturated heterocycles. The van der Waals surface area contributed by atoms with Crippen LogP contribution in [0.25, 0.3) is 0 Å². The molecule has 0 spiro atoms. The van der Waals surface area contributed by atoms with Crippen LogP contribution in [0.15, 0.2) is 85.1 Å². The molecule has 22 heavy (non-hydrogen) atoms. The van der Waals surface area contributed by atoms with Crippen molar-refractivity contribution in [3.05, 3.63) is 102 Å². The van der Waals surface area contributed by atoms with Gasteiger partial charge in [-0.25, -0.2) is 0 Å². The molecule has 2 heterocycles. The van der Waals surface area contributed by atoms with Gasteiger partial charge in [0.25, 0.3) is 0 Å². The molecular weight excluding hydrogens is 270 g/mol. The lowest BCUT2D eigenvalue weighted by Gasteiger charge is -2.26. The van der Waals surface area contributed by atoms with E-state index in [0.29, 0.717) is 6.42 Å². The van der Waals surface area contributed by atoms with E-state index in [1.807, 2.05) is 60.7 Å². The second kappa shape index (κ2) is 5.08. The summed E-state index contributed by atoms with van der Waals surface area (Å²) in [7, 11) is 0. The van der Waals surface area contributed by atoms with Crippen molar-refractivity contribution in [3.8, 4) is 0 Å². The Morgan fingerprint density at radius 3 is 2.18 bits per heavy atom. The molecule has 0 bridgehead atoms. The summed E-state index contributed by atoms with van der Waals surface area (Å²) in [6.45, 7) is 0. The van der Waals surface area contributed by atoms with Crippen LogP contribution in [0.3, 0.4) is 0 Å².